The molecule has 17 heavy (non-hydrogen) atoms. The third-order valence-corrected chi connectivity index (χ3v) is 4.31. The molecule has 0 amide bonds. The van der Waals surface area contributed by atoms with E-state index in [-0.39, 0.29) is 12.1 Å². The van der Waals surface area contributed by atoms with Gasteiger partial charge in [-0.2, -0.15) is 0 Å². The van der Waals surface area contributed by atoms with E-state index in [9.17, 15) is 4.79 Å². The first kappa shape index (κ1) is 12.9. The van der Waals surface area contributed by atoms with Crippen LogP contribution >= 0.6 is 0 Å². The smallest absolute Gasteiger partial charge is 0.305 e. The lowest BCUT2D eigenvalue weighted by Crippen LogP contribution is -2.39. The maximum Gasteiger partial charge on any atom is 0.305 e. The van der Waals surface area contributed by atoms with Gasteiger partial charge in [-0.1, -0.05) is 13.3 Å². The Morgan fingerprint density at radius 3 is 2.59 bits per heavy atom. The van der Waals surface area contributed by atoms with Gasteiger partial charge in [-0.15, -0.1) is 0 Å². The number of hydrogen-bond acceptors (Lipinski definition) is 3. The first-order chi connectivity index (χ1) is 8.31. The number of carbonyl (C=O) groups excluding carboxylic acids is 1. The summed E-state index contributed by atoms with van der Waals surface area (Å²) < 4.78 is 5.65. The van der Waals surface area contributed by atoms with E-state index < -0.39 is 0 Å². The minimum atomic E-state index is -0.0177. The van der Waals surface area contributed by atoms with Crippen LogP contribution in [0.25, 0.3) is 0 Å². The Hall–Kier alpha value is -0.570. The van der Waals surface area contributed by atoms with Crippen LogP contribution in [0.4, 0.5) is 0 Å². The van der Waals surface area contributed by atoms with Crippen molar-refractivity contribution in [2.75, 3.05) is 13.1 Å². The summed E-state index contributed by atoms with van der Waals surface area (Å²) in [5.41, 5.74) is 0. The Kier molecular flexibility index (Phi) is 4.84. The summed E-state index contributed by atoms with van der Waals surface area (Å²) in [5, 5.41) is 3.41. The molecule has 1 aliphatic carbocycles. The maximum atomic E-state index is 11.5. The molecule has 0 radical (unpaired) electrons. The van der Waals surface area contributed by atoms with Crippen LogP contribution in [-0.2, 0) is 9.53 Å². The third kappa shape index (κ3) is 3.44. The molecule has 0 bridgehead atoms. The van der Waals surface area contributed by atoms with Crippen LogP contribution in [-0.4, -0.2) is 25.2 Å². The predicted molar refractivity (Wildman–Crippen MR) is 67.7 cm³/mol. The summed E-state index contributed by atoms with van der Waals surface area (Å²) >= 11 is 0. The van der Waals surface area contributed by atoms with Gasteiger partial charge in [0.25, 0.3) is 0 Å². The molecule has 3 nitrogen and oxygen atoms in total. The van der Waals surface area contributed by atoms with Crippen LogP contribution in [0.15, 0.2) is 0 Å². The Morgan fingerprint density at radius 1 is 1.18 bits per heavy atom. The van der Waals surface area contributed by atoms with Crippen LogP contribution in [0.3, 0.4) is 0 Å². The van der Waals surface area contributed by atoms with Crippen molar-refractivity contribution < 1.29 is 9.53 Å². The second-order valence-corrected chi connectivity index (χ2v) is 5.42. The lowest BCUT2D eigenvalue weighted by atomic mass is 9.74. The lowest BCUT2D eigenvalue weighted by molar-refractivity contribution is -0.155. The average molecular weight is 239 g/mol. The molecule has 2 aliphatic rings. The van der Waals surface area contributed by atoms with E-state index in [0.29, 0.717) is 12.3 Å². The number of rotatable bonds is 3. The van der Waals surface area contributed by atoms with Crippen molar-refractivity contribution in [3.63, 3.8) is 0 Å². The van der Waals surface area contributed by atoms with E-state index in [1.165, 1.54) is 32.1 Å². The molecule has 0 spiro atoms. The maximum absolute atomic E-state index is 11.5. The zero-order valence-electron chi connectivity index (χ0n) is 10.9. The Labute approximate surface area is 104 Å². The molecule has 1 saturated carbocycles. The Bertz CT molecular complexity index is 249. The highest BCUT2D eigenvalue weighted by Gasteiger charge is 2.34. The summed E-state index contributed by atoms with van der Waals surface area (Å²) in [7, 11) is 0. The number of piperidine rings is 1. The van der Waals surface area contributed by atoms with Crippen molar-refractivity contribution in [3.8, 4) is 0 Å². The van der Waals surface area contributed by atoms with E-state index in [0.717, 1.165) is 25.4 Å². The molecule has 1 N–H and O–H groups in total. The second-order valence-electron chi connectivity index (χ2n) is 5.42. The van der Waals surface area contributed by atoms with Crippen molar-refractivity contribution in [2.45, 2.75) is 58.0 Å². The van der Waals surface area contributed by atoms with Crippen LogP contribution < -0.4 is 5.32 Å². The molecule has 2 unspecified atom stereocenters. The van der Waals surface area contributed by atoms with Crippen LogP contribution in [0.5, 0.6) is 0 Å². The fraction of sp³-hybridized carbons (Fsp3) is 0.929. The summed E-state index contributed by atoms with van der Waals surface area (Å²) in [6.45, 7) is 4.15. The van der Waals surface area contributed by atoms with Gasteiger partial charge in [0.2, 0.25) is 0 Å². The molecule has 0 aromatic heterocycles. The quantitative estimate of drug-likeness (QED) is 0.769. The molecule has 3 heteroatoms. The van der Waals surface area contributed by atoms with E-state index >= 15 is 0 Å². The van der Waals surface area contributed by atoms with Crippen molar-refractivity contribution >= 4 is 5.97 Å². The molecule has 98 valence electrons. The van der Waals surface area contributed by atoms with Gasteiger partial charge in [0, 0.05) is 6.42 Å². The fourth-order valence-electron chi connectivity index (χ4n) is 3.34. The Morgan fingerprint density at radius 2 is 1.88 bits per heavy atom. The summed E-state index contributed by atoms with van der Waals surface area (Å²) in [6, 6.07) is 0. The number of carbonyl (C=O) groups is 1. The number of nitrogens with one attached hydrogen (secondary N) is 1. The zero-order chi connectivity index (χ0) is 12.1. The topological polar surface area (TPSA) is 38.3 Å². The number of ether oxygens (including phenoxy) is 1. The summed E-state index contributed by atoms with van der Waals surface area (Å²) in [6.07, 6.45) is 8.11. The van der Waals surface area contributed by atoms with E-state index in [2.05, 4.69) is 5.32 Å². The van der Waals surface area contributed by atoms with Crippen LogP contribution in [0.1, 0.15) is 51.9 Å². The zero-order valence-corrected chi connectivity index (χ0v) is 10.9. The van der Waals surface area contributed by atoms with Crippen LogP contribution in [0, 0.1) is 11.8 Å². The van der Waals surface area contributed by atoms with Crippen LogP contribution in [0.2, 0.25) is 0 Å². The van der Waals surface area contributed by atoms with Gasteiger partial charge in [-0.3, -0.25) is 4.79 Å². The molecule has 1 heterocycles. The minimum absolute atomic E-state index is 0.0177. The van der Waals surface area contributed by atoms with E-state index in [1.54, 1.807) is 0 Å². The summed E-state index contributed by atoms with van der Waals surface area (Å²) in [5.74, 6) is 1.38. The lowest BCUT2D eigenvalue weighted by Gasteiger charge is -2.38. The molecular formula is C14H25NO2. The number of hydrogen-bond donors (Lipinski definition) is 1. The van der Waals surface area contributed by atoms with Crippen molar-refractivity contribution in [2.24, 2.45) is 11.8 Å². The van der Waals surface area contributed by atoms with Crippen molar-refractivity contribution in [3.05, 3.63) is 0 Å². The molecule has 2 rings (SSSR count). The molecule has 1 aliphatic heterocycles. The second kappa shape index (κ2) is 6.39. The minimum Gasteiger partial charge on any atom is -0.462 e. The largest absolute Gasteiger partial charge is 0.462 e. The molecule has 0 aromatic rings. The Balaban J connectivity index is 1.93. The third-order valence-electron chi connectivity index (χ3n) is 4.31. The average Bonchev–Trinajstić information content (AvgIpc) is 2.40. The van der Waals surface area contributed by atoms with E-state index in [4.69, 9.17) is 4.74 Å². The highest BCUT2D eigenvalue weighted by Crippen LogP contribution is 2.36. The normalized spacial score (nSPS) is 31.1. The molecule has 1 saturated heterocycles. The summed E-state index contributed by atoms with van der Waals surface area (Å²) in [4.78, 5) is 11.5. The van der Waals surface area contributed by atoms with E-state index in [1.807, 2.05) is 6.92 Å². The van der Waals surface area contributed by atoms with Gasteiger partial charge >= 0.3 is 5.97 Å². The van der Waals surface area contributed by atoms with Gasteiger partial charge < -0.3 is 10.1 Å². The molecule has 0 aromatic carbocycles. The van der Waals surface area contributed by atoms with Crippen molar-refractivity contribution in [1.29, 1.82) is 0 Å². The van der Waals surface area contributed by atoms with Gasteiger partial charge in [0.05, 0.1) is 0 Å². The standard InChI is InChI=1S/C14H25NO2/c1-2-14(16)17-13-6-4-3-5-12(13)11-7-9-15-10-8-11/h11-13,15H,2-10H2,1H3. The molecular weight excluding hydrogens is 214 g/mol. The monoisotopic (exact) mass is 239 g/mol. The molecule has 2 fully saturated rings. The van der Waals surface area contributed by atoms with Gasteiger partial charge in [0.1, 0.15) is 6.10 Å². The van der Waals surface area contributed by atoms with Gasteiger partial charge in [0.15, 0.2) is 0 Å². The fourth-order valence-corrected chi connectivity index (χ4v) is 3.34. The highest BCUT2D eigenvalue weighted by molar-refractivity contribution is 5.69. The van der Waals surface area contributed by atoms with Crippen molar-refractivity contribution in [1.82, 2.24) is 5.32 Å². The first-order valence-corrected chi connectivity index (χ1v) is 7.21. The highest BCUT2D eigenvalue weighted by atomic mass is 16.5. The predicted octanol–water partition coefficient (Wildman–Crippen LogP) is 2.50. The first-order valence-electron chi connectivity index (χ1n) is 7.21. The number of esters is 1. The van der Waals surface area contributed by atoms with Gasteiger partial charge in [-0.05, 0) is 57.0 Å². The SMILES string of the molecule is CCC(=O)OC1CCCCC1C1CCNCC1. The molecule has 2 atom stereocenters. The van der Waals surface area contributed by atoms with Gasteiger partial charge in [-0.25, -0.2) is 0 Å².